The van der Waals surface area contributed by atoms with Crippen LogP contribution < -0.4 is 0 Å². The topological polar surface area (TPSA) is 34.1 Å². The number of aldehydes is 1. The molecule has 1 fully saturated rings. The molecule has 1 aliphatic rings. The van der Waals surface area contributed by atoms with Gasteiger partial charge >= 0.3 is 0 Å². The van der Waals surface area contributed by atoms with Gasteiger partial charge in [0.25, 0.3) is 0 Å². The van der Waals surface area contributed by atoms with Crippen LogP contribution >= 0.6 is 0 Å². The summed E-state index contributed by atoms with van der Waals surface area (Å²) in [7, 11) is 0. The van der Waals surface area contributed by atoms with Gasteiger partial charge in [0, 0.05) is 18.8 Å². The van der Waals surface area contributed by atoms with Crippen molar-refractivity contribution in [1.82, 2.24) is 0 Å². The van der Waals surface area contributed by atoms with Crippen molar-refractivity contribution >= 4 is 12.1 Å². The van der Waals surface area contributed by atoms with Gasteiger partial charge in [0.05, 0.1) is 0 Å². The molecule has 0 bridgehead atoms. The molecule has 80 valence electrons. The Balaban J connectivity index is 2.60. The lowest BCUT2D eigenvalue weighted by atomic mass is 9.69. The van der Waals surface area contributed by atoms with E-state index in [1.807, 2.05) is 6.92 Å². The molecular formula is C12H20O2. The first-order chi connectivity index (χ1) is 6.56. The monoisotopic (exact) mass is 196 g/mol. The van der Waals surface area contributed by atoms with Crippen LogP contribution in [0.3, 0.4) is 0 Å². The zero-order valence-electron chi connectivity index (χ0n) is 9.32. The summed E-state index contributed by atoms with van der Waals surface area (Å²) in [6.07, 6.45) is 3.30. The van der Waals surface area contributed by atoms with E-state index in [1.165, 1.54) is 0 Å². The Hall–Kier alpha value is -0.660. The van der Waals surface area contributed by atoms with E-state index >= 15 is 0 Å². The highest BCUT2D eigenvalue weighted by molar-refractivity contribution is 5.81. The number of hydrogen-bond donors (Lipinski definition) is 0. The number of rotatable bonds is 3. The lowest BCUT2D eigenvalue weighted by Gasteiger charge is -2.35. The summed E-state index contributed by atoms with van der Waals surface area (Å²) in [5, 5.41) is 0. The predicted octanol–water partition coefficient (Wildman–Crippen LogP) is 2.46. The maximum Gasteiger partial charge on any atom is 0.135 e. The zero-order chi connectivity index (χ0) is 10.7. The van der Waals surface area contributed by atoms with E-state index in [-0.39, 0.29) is 5.92 Å². The van der Waals surface area contributed by atoms with Crippen LogP contribution in [0.5, 0.6) is 0 Å². The van der Waals surface area contributed by atoms with E-state index in [4.69, 9.17) is 0 Å². The molecule has 1 saturated carbocycles. The first kappa shape index (κ1) is 11.4. The van der Waals surface area contributed by atoms with Crippen molar-refractivity contribution in [2.24, 2.45) is 23.7 Å². The second kappa shape index (κ2) is 4.72. The van der Waals surface area contributed by atoms with E-state index in [0.29, 0.717) is 36.4 Å². The van der Waals surface area contributed by atoms with Crippen molar-refractivity contribution in [2.45, 2.75) is 40.0 Å². The average Bonchev–Trinajstić information content (AvgIpc) is 2.11. The Kier molecular flexibility index (Phi) is 3.85. The number of carbonyl (C=O) groups excluding carboxylic acids is 2. The van der Waals surface area contributed by atoms with Crippen LogP contribution in [0.1, 0.15) is 40.0 Å². The third-order valence-corrected chi connectivity index (χ3v) is 3.63. The van der Waals surface area contributed by atoms with E-state index in [9.17, 15) is 9.59 Å². The van der Waals surface area contributed by atoms with E-state index in [2.05, 4.69) is 13.8 Å². The molecule has 4 atom stereocenters. The van der Waals surface area contributed by atoms with Crippen molar-refractivity contribution in [2.75, 3.05) is 0 Å². The fraction of sp³-hybridized carbons (Fsp3) is 0.833. The molecule has 2 heteroatoms. The summed E-state index contributed by atoms with van der Waals surface area (Å²) in [5.74, 6) is 2.02. The van der Waals surface area contributed by atoms with Crippen LogP contribution in [0.25, 0.3) is 0 Å². The van der Waals surface area contributed by atoms with Crippen LogP contribution in [-0.2, 0) is 9.59 Å². The van der Waals surface area contributed by atoms with Gasteiger partial charge in [0.15, 0.2) is 0 Å². The second-order valence-electron chi connectivity index (χ2n) is 4.83. The van der Waals surface area contributed by atoms with Gasteiger partial charge in [0.1, 0.15) is 12.1 Å². The van der Waals surface area contributed by atoms with Crippen molar-refractivity contribution in [1.29, 1.82) is 0 Å². The summed E-state index contributed by atoms with van der Waals surface area (Å²) in [5.41, 5.74) is 0. The molecule has 14 heavy (non-hydrogen) atoms. The number of carbonyl (C=O) groups is 2. The SMILES string of the molecule is CC1CC(C(C)CC=O)C(C)CC1=O. The highest BCUT2D eigenvalue weighted by Gasteiger charge is 2.33. The van der Waals surface area contributed by atoms with Crippen LogP contribution in [0.4, 0.5) is 0 Å². The first-order valence-corrected chi connectivity index (χ1v) is 5.52. The van der Waals surface area contributed by atoms with E-state index in [0.717, 1.165) is 12.7 Å². The van der Waals surface area contributed by atoms with Gasteiger partial charge < -0.3 is 4.79 Å². The molecule has 4 unspecified atom stereocenters. The Morgan fingerprint density at radius 3 is 2.71 bits per heavy atom. The molecule has 0 aromatic carbocycles. The smallest absolute Gasteiger partial charge is 0.135 e. The van der Waals surface area contributed by atoms with E-state index < -0.39 is 0 Å². The van der Waals surface area contributed by atoms with Gasteiger partial charge in [-0.15, -0.1) is 0 Å². The highest BCUT2D eigenvalue weighted by Crippen LogP contribution is 2.36. The lowest BCUT2D eigenvalue weighted by molar-refractivity contribution is -0.127. The van der Waals surface area contributed by atoms with Gasteiger partial charge in [-0.25, -0.2) is 0 Å². The van der Waals surface area contributed by atoms with Gasteiger partial charge in [-0.1, -0.05) is 20.8 Å². The van der Waals surface area contributed by atoms with Gasteiger partial charge in [-0.2, -0.15) is 0 Å². The summed E-state index contributed by atoms with van der Waals surface area (Å²) >= 11 is 0. The Morgan fingerprint density at radius 1 is 1.50 bits per heavy atom. The van der Waals surface area contributed by atoms with Crippen LogP contribution in [0, 0.1) is 23.7 Å². The predicted molar refractivity (Wildman–Crippen MR) is 55.9 cm³/mol. The Bertz CT molecular complexity index is 218. The van der Waals surface area contributed by atoms with Gasteiger partial charge in [0.2, 0.25) is 0 Å². The minimum absolute atomic E-state index is 0.199. The van der Waals surface area contributed by atoms with Crippen molar-refractivity contribution < 1.29 is 9.59 Å². The second-order valence-corrected chi connectivity index (χ2v) is 4.83. The summed E-state index contributed by atoms with van der Waals surface area (Å²) in [4.78, 5) is 21.9. The molecular weight excluding hydrogens is 176 g/mol. The molecule has 0 aromatic rings. The van der Waals surface area contributed by atoms with Crippen molar-refractivity contribution in [3.05, 3.63) is 0 Å². The number of Topliss-reactive ketones (excluding diaryl/α,β-unsaturated/α-hetero) is 1. The normalized spacial score (nSPS) is 35.4. The molecule has 0 spiro atoms. The molecule has 0 aromatic heterocycles. The lowest BCUT2D eigenvalue weighted by Crippen LogP contribution is -2.33. The molecule has 0 radical (unpaired) electrons. The molecule has 1 aliphatic carbocycles. The highest BCUT2D eigenvalue weighted by atomic mass is 16.1. The molecule has 0 amide bonds. The largest absolute Gasteiger partial charge is 0.303 e. The fourth-order valence-corrected chi connectivity index (χ4v) is 2.56. The standard InChI is InChI=1S/C12H20O2/c1-8(4-5-13)11-6-10(3)12(14)7-9(11)2/h5,8-11H,4,6-7H2,1-3H3. The minimum atomic E-state index is 0.199. The molecule has 0 saturated heterocycles. The number of ketones is 1. The average molecular weight is 196 g/mol. The molecule has 2 nitrogen and oxygen atoms in total. The fourth-order valence-electron chi connectivity index (χ4n) is 2.56. The van der Waals surface area contributed by atoms with E-state index in [1.54, 1.807) is 0 Å². The maximum absolute atomic E-state index is 11.5. The minimum Gasteiger partial charge on any atom is -0.303 e. The van der Waals surface area contributed by atoms with Crippen molar-refractivity contribution in [3.8, 4) is 0 Å². The molecule has 0 aliphatic heterocycles. The molecule has 0 N–H and O–H groups in total. The molecule has 1 rings (SSSR count). The summed E-state index contributed by atoms with van der Waals surface area (Å²) in [6, 6.07) is 0. The van der Waals surface area contributed by atoms with Crippen LogP contribution in [0.15, 0.2) is 0 Å². The quantitative estimate of drug-likeness (QED) is 0.650. The third-order valence-electron chi connectivity index (χ3n) is 3.63. The van der Waals surface area contributed by atoms with Gasteiger partial charge in [-0.3, -0.25) is 4.79 Å². The van der Waals surface area contributed by atoms with Crippen molar-refractivity contribution in [3.63, 3.8) is 0 Å². The number of hydrogen-bond acceptors (Lipinski definition) is 2. The maximum atomic E-state index is 11.5. The third kappa shape index (κ3) is 2.43. The summed E-state index contributed by atoms with van der Waals surface area (Å²) in [6.45, 7) is 6.27. The van der Waals surface area contributed by atoms with Gasteiger partial charge in [-0.05, 0) is 24.2 Å². The zero-order valence-corrected chi connectivity index (χ0v) is 9.32. The Morgan fingerprint density at radius 2 is 2.14 bits per heavy atom. The first-order valence-electron chi connectivity index (χ1n) is 5.52. The van der Waals surface area contributed by atoms with Crippen LogP contribution in [-0.4, -0.2) is 12.1 Å². The summed E-state index contributed by atoms with van der Waals surface area (Å²) < 4.78 is 0. The van der Waals surface area contributed by atoms with Crippen LogP contribution in [0.2, 0.25) is 0 Å². The Labute approximate surface area is 86.1 Å². The molecule has 0 heterocycles.